The van der Waals surface area contributed by atoms with Crippen molar-refractivity contribution in [1.82, 2.24) is 5.32 Å². The fourth-order valence-electron chi connectivity index (χ4n) is 2.04. The zero-order chi connectivity index (χ0) is 17.9. The molecule has 1 atom stereocenters. The monoisotopic (exact) mass is 365 g/mol. The van der Waals surface area contributed by atoms with Crippen LogP contribution in [-0.2, 0) is 16.0 Å². The van der Waals surface area contributed by atoms with Gasteiger partial charge in [-0.25, -0.2) is 4.79 Å². The van der Waals surface area contributed by atoms with E-state index >= 15 is 0 Å². The molecule has 2 rings (SSSR count). The molecule has 2 aromatic rings. The molecular formula is C18H23NO5S. The molecule has 0 fully saturated rings. The smallest absolute Gasteiger partial charge is 0.343 e. The van der Waals surface area contributed by atoms with Gasteiger partial charge in [-0.2, -0.15) is 0 Å². The van der Waals surface area contributed by atoms with Crippen molar-refractivity contribution in [2.24, 2.45) is 0 Å². The molecule has 0 amide bonds. The lowest BCUT2D eigenvalue weighted by molar-refractivity contribution is -0.142. The van der Waals surface area contributed by atoms with Crippen molar-refractivity contribution >= 4 is 17.3 Å². The van der Waals surface area contributed by atoms with Crippen LogP contribution in [0.4, 0.5) is 0 Å². The van der Waals surface area contributed by atoms with E-state index < -0.39 is 12.1 Å². The van der Waals surface area contributed by atoms with Crippen LogP contribution in [0.2, 0.25) is 0 Å². The van der Waals surface area contributed by atoms with Crippen molar-refractivity contribution in [2.45, 2.75) is 12.5 Å². The second-order valence-corrected chi connectivity index (χ2v) is 6.17. The SMILES string of the molecule is COC(=O)COc1ccc(CCNC[C@H](O)COc2ccsc2)cc1. The molecular weight excluding hydrogens is 342 g/mol. The topological polar surface area (TPSA) is 77.0 Å². The number of carbonyl (C=O) groups excluding carboxylic acids is 1. The summed E-state index contributed by atoms with van der Waals surface area (Å²) in [5.74, 6) is 1.01. The number of benzene rings is 1. The minimum absolute atomic E-state index is 0.0945. The maximum atomic E-state index is 11.0. The van der Waals surface area contributed by atoms with Crippen LogP contribution in [-0.4, -0.2) is 50.6 Å². The lowest BCUT2D eigenvalue weighted by Crippen LogP contribution is -2.32. The largest absolute Gasteiger partial charge is 0.490 e. The van der Waals surface area contributed by atoms with Gasteiger partial charge < -0.3 is 24.6 Å². The summed E-state index contributed by atoms with van der Waals surface area (Å²) in [4.78, 5) is 11.0. The van der Waals surface area contributed by atoms with Crippen LogP contribution < -0.4 is 14.8 Å². The highest BCUT2D eigenvalue weighted by Gasteiger charge is 2.05. The van der Waals surface area contributed by atoms with E-state index in [1.54, 1.807) is 11.3 Å². The van der Waals surface area contributed by atoms with Crippen LogP contribution >= 0.6 is 11.3 Å². The summed E-state index contributed by atoms with van der Waals surface area (Å²) in [7, 11) is 1.33. The highest BCUT2D eigenvalue weighted by Crippen LogP contribution is 2.15. The summed E-state index contributed by atoms with van der Waals surface area (Å²) in [6, 6.07) is 9.42. The Morgan fingerprint density at radius 2 is 2.00 bits per heavy atom. The third-order valence-electron chi connectivity index (χ3n) is 3.42. The number of ether oxygens (including phenoxy) is 3. The molecule has 0 spiro atoms. The number of hydrogen-bond donors (Lipinski definition) is 2. The number of carbonyl (C=O) groups is 1. The maximum Gasteiger partial charge on any atom is 0.343 e. The third kappa shape index (κ3) is 7.55. The van der Waals surface area contributed by atoms with E-state index in [9.17, 15) is 9.90 Å². The van der Waals surface area contributed by atoms with Crippen LogP contribution in [0, 0.1) is 0 Å². The van der Waals surface area contributed by atoms with Gasteiger partial charge >= 0.3 is 5.97 Å². The zero-order valence-corrected chi connectivity index (χ0v) is 15.0. The number of aliphatic hydroxyl groups excluding tert-OH is 1. The Hall–Kier alpha value is -2.09. The average molecular weight is 365 g/mol. The minimum atomic E-state index is -0.547. The zero-order valence-electron chi connectivity index (χ0n) is 14.1. The Morgan fingerprint density at radius 1 is 1.20 bits per heavy atom. The first-order valence-corrected chi connectivity index (χ1v) is 8.94. The Bertz CT molecular complexity index is 615. The van der Waals surface area contributed by atoms with E-state index in [1.807, 2.05) is 41.1 Å². The molecule has 0 unspecified atom stereocenters. The van der Waals surface area contributed by atoms with Gasteiger partial charge in [0.05, 0.1) is 7.11 Å². The second-order valence-electron chi connectivity index (χ2n) is 5.39. The van der Waals surface area contributed by atoms with Gasteiger partial charge in [-0.3, -0.25) is 0 Å². The lowest BCUT2D eigenvalue weighted by atomic mass is 10.1. The van der Waals surface area contributed by atoms with E-state index in [-0.39, 0.29) is 13.2 Å². The molecule has 0 aliphatic heterocycles. The number of esters is 1. The first-order chi connectivity index (χ1) is 12.2. The van der Waals surface area contributed by atoms with E-state index in [2.05, 4.69) is 10.1 Å². The minimum Gasteiger partial charge on any atom is -0.490 e. The molecule has 0 bridgehead atoms. The van der Waals surface area contributed by atoms with Gasteiger partial charge in [-0.1, -0.05) is 12.1 Å². The third-order valence-corrected chi connectivity index (χ3v) is 4.08. The highest BCUT2D eigenvalue weighted by atomic mass is 32.1. The number of methoxy groups -OCH3 is 1. The molecule has 7 heteroatoms. The number of aliphatic hydroxyl groups is 1. The van der Waals surface area contributed by atoms with E-state index in [1.165, 1.54) is 7.11 Å². The van der Waals surface area contributed by atoms with Gasteiger partial charge in [0.25, 0.3) is 0 Å². The Morgan fingerprint density at radius 3 is 2.68 bits per heavy atom. The predicted molar refractivity (Wildman–Crippen MR) is 96.3 cm³/mol. The number of rotatable bonds is 11. The van der Waals surface area contributed by atoms with Crippen molar-refractivity contribution in [3.63, 3.8) is 0 Å². The molecule has 1 aromatic carbocycles. The first-order valence-electron chi connectivity index (χ1n) is 7.99. The summed E-state index contributed by atoms with van der Waals surface area (Å²) in [6.07, 6.45) is 0.282. The Labute approximate surface area is 151 Å². The van der Waals surface area contributed by atoms with Crippen LogP contribution in [0.3, 0.4) is 0 Å². The van der Waals surface area contributed by atoms with Gasteiger partial charge in [-0.15, -0.1) is 11.3 Å². The quantitative estimate of drug-likeness (QED) is 0.468. The lowest BCUT2D eigenvalue weighted by Gasteiger charge is -2.12. The molecule has 0 aliphatic carbocycles. The molecule has 136 valence electrons. The van der Waals surface area contributed by atoms with Crippen LogP contribution in [0.25, 0.3) is 0 Å². The number of nitrogens with one attached hydrogen (secondary N) is 1. The molecule has 0 aliphatic rings. The summed E-state index contributed by atoms with van der Waals surface area (Å²) in [5, 5.41) is 16.9. The molecule has 0 radical (unpaired) electrons. The van der Waals surface area contributed by atoms with Crippen molar-refractivity contribution in [3.8, 4) is 11.5 Å². The molecule has 6 nitrogen and oxygen atoms in total. The Kier molecular flexibility index (Phi) is 8.24. The summed E-state index contributed by atoms with van der Waals surface area (Å²) < 4.78 is 15.3. The van der Waals surface area contributed by atoms with E-state index in [0.29, 0.717) is 12.3 Å². The molecule has 25 heavy (non-hydrogen) atoms. The molecule has 1 heterocycles. The molecule has 2 N–H and O–H groups in total. The summed E-state index contributed by atoms with van der Waals surface area (Å²) in [6.45, 7) is 1.40. The molecule has 0 saturated heterocycles. The van der Waals surface area contributed by atoms with Gasteiger partial charge in [0.1, 0.15) is 24.2 Å². The van der Waals surface area contributed by atoms with E-state index in [4.69, 9.17) is 9.47 Å². The second kappa shape index (κ2) is 10.7. The van der Waals surface area contributed by atoms with Crippen LogP contribution in [0.15, 0.2) is 41.1 Å². The van der Waals surface area contributed by atoms with Crippen molar-refractivity contribution in [3.05, 3.63) is 46.7 Å². The number of thiophene rings is 1. The fraction of sp³-hybridized carbons (Fsp3) is 0.389. The van der Waals surface area contributed by atoms with Gasteiger partial charge in [0.2, 0.25) is 0 Å². The standard InChI is InChI=1S/C18H23NO5S/c1-22-18(21)12-24-16-4-2-14(3-5-16)6-8-19-10-15(20)11-23-17-7-9-25-13-17/h2-5,7,9,13,15,19-20H,6,8,10-12H2,1H3/t15-/m0/s1. The fourth-order valence-corrected chi connectivity index (χ4v) is 2.61. The Balaban J connectivity index is 1.58. The first kappa shape index (κ1) is 19.2. The van der Waals surface area contributed by atoms with Crippen molar-refractivity contribution < 1.29 is 24.1 Å². The van der Waals surface area contributed by atoms with Crippen LogP contribution in [0.5, 0.6) is 11.5 Å². The summed E-state index contributed by atoms with van der Waals surface area (Å²) >= 11 is 1.56. The summed E-state index contributed by atoms with van der Waals surface area (Å²) in [5.41, 5.74) is 1.14. The number of hydrogen-bond acceptors (Lipinski definition) is 7. The normalized spacial score (nSPS) is 11.8. The maximum absolute atomic E-state index is 11.0. The predicted octanol–water partition coefficient (Wildman–Crippen LogP) is 1.87. The van der Waals surface area contributed by atoms with Crippen molar-refractivity contribution in [1.29, 1.82) is 0 Å². The van der Waals surface area contributed by atoms with Crippen molar-refractivity contribution in [2.75, 3.05) is 33.4 Å². The molecule has 0 saturated carbocycles. The van der Waals surface area contributed by atoms with Gasteiger partial charge in [0, 0.05) is 11.9 Å². The highest BCUT2D eigenvalue weighted by molar-refractivity contribution is 7.08. The van der Waals surface area contributed by atoms with E-state index in [0.717, 1.165) is 24.3 Å². The molecule has 1 aromatic heterocycles. The average Bonchev–Trinajstić information content (AvgIpc) is 3.16. The van der Waals surface area contributed by atoms with Gasteiger partial charge in [0.15, 0.2) is 6.61 Å². The van der Waals surface area contributed by atoms with Gasteiger partial charge in [-0.05, 0) is 42.1 Å². The van der Waals surface area contributed by atoms with Crippen LogP contribution in [0.1, 0.15) is 5.56 Å².